The van der Waals surface area contributed by atoms with Crippen molar-refractivity contribution in [3.8, 4) is 0 Å². The standard InChI is InChI=1S/C6H6BrClN2/c7-5-3-4(10-9)1-2-6(5)8/h1-3,10H,9H2. The van der Waals surface area contributed by atoms with Crippen molar-refractivity contribution in [2.75, 3.05) is 5.43 Å². The van der Waals surface area contributed by atoms with E-state index in [9.17, 15) is 0 Å². The lowest BCUT2D eigenvalue weighted by Crippen LogP contribution is -2.06. The Morgan fingerprint density at radius 3 is 2.70 bits per heavy atom. The number of hydrogen-bond donors (Lipinski definition) is 2. The molecule has 0 bridgehead atoms. The summed E-state index contributed by atoms with van der Waals surface area (Å²) >= 11 is 8.98. The molecular formula is C6H6BrClN2. The maximum atomic E-state index is 5.72. The predicted molar refractivity (Wildman–Crippen MR) is 47.0 cm³/mol. The van der Waals surface area contributed by atoms with Gasteiger partial charge in [-0.25, -0.2) is 0 Å². The first kappa shape index (κ1) is 7.85. The number of rotatable bonds is 1. The molecule has 4 heteroatoms. The second-order valence-electron chi connectivity index (χ2n) is 1.77. The summed E-state index contributed by atoms with van der Waals surface area (Å²) < 4.78 is 0.838. The first-order valence-corrected chi connectivity index (χ1v) is 3.83. The van der Waals surface area contributed by atoms with Gasteiger partial charge in [-0.15, -0.1) is 0 Å². The summed E-state index contributed by atoms with van der Waals surface area (Å²) in [6.45, 7) is 0. The summed E-state index contributed by atoms with van der Waals surface area (Å²) in [6.07, 6.45) is 0. The van der Waals surface area contributed by atoms with Gasteiger partial charge in [-0.2, -0.15) is 0 Å². The fourth-order valence-corrected chi connectivity index (χ4v) is 1.08. The average Bonchev–Trinajstić information content (AvgIpc) is 1.95. The fraction of sp³-hybridized carbons (Fsp3) is 0. The van der Waals surface area contributed by atoms with Gasteiger partial charge in [0.05, 0.1) is 5.02 Å². The van der Waals surface area contributed by atoms with Crippen LogP contribution >= 0.6 is 27.5 Å². The summed E-state index contributed by atoms with van der Waals surface area (Å²) in [5, 5.41) is 0.680. The summed E-state index contributed by atoms with van der Waals surface area (Å²) in [4.78, 5) is 0. The van der Waals surface area contributed by atoms with Crippen LogP contribution < -0.4 is 11.3 Å². The first-order valence-electron chi connectivity index (χ1n) is 2.65. The van der Waals surface area contributed by atoms with Crippen LogP contribution in [0.2, 0.25) is 5.02 Å². The molecule has 0 aromatic heterocycles. The van der Waals surface area contributed by atoms with Crippen LogP contribution in [0.4, 0.5) is 5.69 Å². The number of anilines is 1. The molecule has 1 aromatic carbocycles. The van der Waals surface area contributed by atoms with Gasteiger partial charge in [-0.05, 0) is 34.1 Å². The molecule has 3 N–H and O–H groups in total. The van der Waals surface area contributed by atoms with Gasteiger partial charge in [0.15, 0.2) is 0 Å². The fourth-order valence-electron chi connectivity index (χ4n) is 0.586. The Morgan fingerprint density at radius 2 is 2.20 bits per heavy atom. The molecule has 54 valence electrons. The van der Waals surface area contributed by atoms with E-state index in [1.165, 1.54) is 0 Å². The molecule has 0 saturated carbocycles. The predicted octanol–water partition coefficient (Wildman–Crippen LogP) is 2.39. The molecule has 2 nitrogen and oxygen atoms in total. The second-order valence-corrected chi connectivity index (χ2v) is 3.03. The molecule has 0 aliphatic rings. The van der Waals surface area contributed by atoms with Crippen molar-refractivity contribution < 1.29 is 0 Å². The van der Waals surface area contributed by atoms with Gasteiger partial charge in [-0.3, -0.25) is 5.84 Å². The number of hydrogen-bond acceptors (Lipinski definition) is 2. The summed E-state index contributed by atoms with van der Waals surface area (Å²) in [7, 11) is 0. The van der Waals surface area contributed by atoms with Crippen LogP contribution in [0.15, 0.2) is 22.7 Å². The van der Waals surface area contributed by atoms with E-state index in [0.717, 1.165) is 10.2 Å². The molecule has 0 aliphatic carbocycles. The Bertz CT molecular complexity index is 239. The zero-order valence-electron chi connectivity index (χ0n) is 5.07. The van der Waals surface area contributed by atoms with Crippen molar-refractivity contribution in [2.45, 2.75) is 0 Å². The number of nitrogens with one attached hydrogen (secondary N) is 1. The van der Waals surface area contributed by atoms with E-state index in [2.05, 4.69) is 21.4 Å². The number of nitrogen functional groups attached to an aromatic ring is 1. The van der Waals surface area contributed by atoms with Crippen molar-refractivity contribution in [1.29, 1.82) is 0 Å². The molecule has 1 aromatic rings. The van der Waals surface area contributed by atoms with Crippen molar-refractivity contribution in [1.82, 2.24) is 0 Å². The molecular weight excluding hydrogens is 215 g/mol. The van der Waals surface area contributed by atoms with Gasteiger partial charge in [0.1, 0.15) is 0 Å². The number of benzene rings is 1. The van der Waals surface area contributed by atoms with Gasteiger partial charge in [-0.1, -0.05) is 11.6 Å². The molecule has 0 radical (unpaired) electrons. The highest BCUT2D eigenvalue weighted by Gasteiger charge is 1.95. The topological polar surface area (TPSA) is 38.0 Å². The Balaban J connectivity index is 3.04. The Hall–Kier alpha value is -0.250. The maximum Gasteiger partial charge on any atom is 0.0549 e. The third-order valence-corrected chi connectivity index (χ3v) is 2.30. The molecule has 1 rings (SSSR count). The normalized spacial score (nSPS) is 9.50. The molecule has 0 amide bonds. The second kappa shape index (κ2) is 3.23. The van der Waals surface area contributed by atoms with Gasteiger partial charge in [0.25, 0.3) is 0 Å². The van der Waals surface area contributed by atoms with Gasteiger partial charge < -0.3 is 5.43 Å². The van der Waals surface area contributed by atoms with Crippen LogP contribution in [-0.4, -0.2) is 0 Å². The lowest BCUT2D eigenvalue weighted by atomic mass is 10.3. The number of hydrazine groups is 1. The highest BCUT2D eigenvalue weighted by atomic mass is 79.9. The molecule has 0 fully saturated rings. The molecule has 0 spiro atoms. The summed E-state index contributed by atoms with van der Waals surface area (Å²) in [5.41, 5.74) is 3.34. The Labute approximate surface area is 72.5 Å². The summed E-state index contributed by atoms with van der Waals surface area (Å²) in [5.74, 6) is 5.15. The van der Waals surface area contributed by atoms with E-state index in [4.69, 9.17) is 17.4 Å². The minimum Gasteiger partial charge on any atom is -0.324 e. The zero-order valence-corrected chi connectivity index (χ0v) is 7.41. The first-order chi connectivity index (χ1) is 4.74. The van der Waals surface area contributed by atoms with Crippen molar-refractivity contribution in [2.24, 2.45) is 5.84 Å². The van der Waals surface area contributed by atoms with Crippen molar-refractivity contribution >= 4 is 33.2 Å². The number of halogens is 2. The highest BCUT2D eigenvalue weighted by Crippen LogP contribution is 2.24. The van der Waals surface area contributed by atoms with Gasteiger partial charge in [0, 0.05) is 10.2 Å². The third-order valence-electron chi connectivity index (χ3n) is 1.09. The van der Waals surface area contributed by atoms with E-state index < -0.39 is 0 Å². The van der Waals surface area contributed by atoms with Crippen LogP contribution in [0.25, 0.3) is 0 Å². The van der Waals surface area contributed by atoms with E-state index in [1.807, 2.05) is 6.07 Å². The molecule has 0 unspecified atom stereocenters. The Kier molecular flexibility index (Phi) is 2.54. The lowest BCUT2D eigenvalue weighted by Gasteiger charge is -2.00. The van der Waals surface area contributed by atoms with Crippen LogP contribution in [0, 0.1) is 0 Å². The summed E-state index contributed by atoms with van der Waals surface area (Å²) in [6, 6.07) is 5.37. The average molecular weight is 221 g/mol. The van der Waals surface area contributed by atoms with E-state index in [1.54, 1.807) is 12.1 Å². The molecule has 10 heavy (non-hydrogen) atoms. The van der Waals surface area contributed by atoms with Crippen LogP contribution in [0.3, 0.4) is 0 Å². The van der Waals surface area contributed by atoms with E-state index >= 15 is 0 Å². The van der Waals surface area contributed by atoms with Crippen molar-refractivity contribution in [3.63, 3.8) is 0 Å². The quantitative estimate of drug-likeness (QED) is 0.564. The highest BCUT2D eigenvalue weighted by molar-refractivity contribution is 9.10. The van der Waals surface area contributed by atoms with Gasteiger partial charge >= 0.3 is 0 Å². The van der Waals surface area contributed by atoms with E-state index in [-0.39, 0.29) is 0 Å². The minimum atomic E-state index is 0.680. The molecule has 0 atom stereocenters. The van der Waals surface area contributed by atoms with Crippen LogP contribution in [0.5, 0.6) is 0 Å². The van der Waals surface area contributed by atoms with Crippen LogP contribution in [0.1, 0.15) is 0 Å². The minimum absolute atomic E-state index is 0.680. The monoisotopic (exact) mass is 220 g/mol. The Morgan fingerprint density at radius 1 is 1.50 bits per heavy atom. The lowest BCUT2D eigenvalue weighted by molar-refractivity contribution is 1.35. The van der Waals surface area contributed by atoms with Gasteiger partial charge in [0.2, 0.25) is 0 Å². The zero-order chi connectivity index (χ0) is 7.56. The third kappa shape index (κ3) is 1.62. The van der Waals surface area contributed by atoms with Crippen LogP contribution in [-0.2, 0) is 0 Å². The maximum absolute atomic E-state index is 5.72. The molecule has 0 saturated heterocycles. The van der Waals surface area contributed by atoms with Crippen molar-refractivity contribution in [3.05, 3.63) is 27.7 Å². The van der Waals surface area contributed by atoms with E-state index in [0.29, 0.717) is 5.02 Å². The number of nitrogens with two attached hydrogens (primary N) is 1. The molecule has 0 heterocycles. The largest absolute Gasteiger partial charge is 0.324 e. The smallest absolute Gasteiger partial charge is 0.0549 e. The SMILES string of the molecule is NNc1ccc(Cl)c(Br)c1. The molecule has 0 aliphatic heterocycles.